The van der Waals surface area contributed by atoms with Crippen molar-refractivity contribution in [1.82, 2.24) is 10.2 Å². The smallest absolute Gasteiger partial charge is 0.0217 e. The molecule has 0 aliphatic carbocycles. The predicted molar refractivity (Wildman–Crippen MR) is 58.7 cm³/mol. The monoisotopic (exact) mass is 214 g/mol. The van der Waals surface area contributed by atoms with Crippen LogP contribution in [0.15, 0.2) is 0 Å². The Morgan fingerprint density at radius 3 is 2.50 bits per heavy atom. The third-order valence-electron chi connectivity index (χ3n) is 2.39. The van der Waals surface area contributed by atoms with E-state index < -0.39 is 0 Å². The molecule has 0 saturated carbocycles. The van der Waals surface area contributed by atoms with Gasteiger partial charge in [-0.2, -0.15) is 0 Å². The van der Waals surface area contributed by atoms with Gasteiger partial charge in [-0.15, -0.1) is 24.8 Å². The van der Waals surface area contributed by atoms with E-state index in [-0.39, 0.29) is 24.8 Å². The van der Waals surface area contributed by atoms with Crippen LogP contribution in [0, 0.1) is 0 Å². The summed E-state index contributed by atoms with van der Waals surface area (Å²) < 4.78 is 0. The largest absolute Gasteiger partial charge is 0.315 e. The molecular formula is C8H20Cl2N2. The van der Waals surface area contributed by atoms with Gasteiger partial charge in [0, 0.05) is 12.6 Å². The molecule has 4 heteroatoms. The molecule has 1 heterocycles. The van der Waals surface area contributed by atoms with Gasteiger partial charge in [-0.25, -0.2) is 0 Å². The number of hydrogen-bond acceptors (Lipinski definition) is 2. The molecule has 2 nitrogen and oxygen atoms in total. The highest BCUT2D eigenvalue weighted by atomic mass is 35.5. The zero-order chi connectivity index (χ0) is 7.40. The molecule has 1 fully saturated rings. The average Bonchev–Trinajstić information content (AvgIpc) is 2.05. The Balaban J connectivity index is 0. The van der Waals surface area contributed by atoms with Crippen molar-refractivity contribution >= 4 is 24.8 Å². The van der Waals surface area contributed by atoms with Gasteiger partial charge in [0.25, 0.3) is 0 Å². The van der Waals surface area contributed by atoms with Gasteiger partial charge in [-0.1, -0.05) is 6.92 Å². The summed E-state index contributed by atoms with van der Waals surface area (Å²) in [6, 6.07) is 0.791. The first-order valence-electron chi connectivity index (χ1n) is 4.25. The van der Waals surface area contributed by atoms with E-state index in [0.29, 0.717) is 0 Å². The van der Waals surface area contributed by atoms with Crippen LogP contribution in [0.25, 0.3) is 0 Å². The predicted octanol–water partition coefficient (Wildman–Crippen LogP) is 1.53. The maximum Gasteiger partial charge on any atom is 0.0217 e. The second kappa shape index (κ2) is 8.11. The van der Waals surface area contributed by atoms with Crippen LogP contribution in [0.3, 0.4) is 0 Å². The van der Waals surface area contributed by atoms with Crippen LogP contribution >= 0.6 is 24.8 Å². The molecule has 0 spiro atoms. The minimum atomic E-state index is 0. The van der Waals surface area contributed by atoms with Crippen LogP contribution in [0.5, 0.6) is 0 Å². The lowest BCUT2D eigenvalue weighted by molar-refractivity contribution is 0.212. The lowest BCUT2D eigenvalue weighted by Crippen LogP contribution is -2.43. The number of halogens is 2. The van der Waals surface area contributed by atoms with Gasteiger partial charge in [0.05, 0.1) is 0 Å². The summed E-state index contributed by atoms with van der Waals surface area (Å²) in [4.78, 5) is 2.42. The van der Waals surface area contributed by atoms with Crippen molar-refractivity contribution in [3.8, 4) is 0 Å². The zero-order valence-corrected chi connectivity index (χ0v) is 9.51. The first-order valence-corrected chi connectivity index (χ1v) is 4.25. The van der Waals surface area contributed by atoms with Crippen LogP contribution in [-0.4, -0.2) is 37.6 Å². The van der Waals surface area contributed by atoms with E-state index in [2.05, 4.69) is 24.2 Å². The van der Waals surface area contributed by atoms with E-state index in [1.807, 2.05) is 0 Å². The normalized spacial score (nSPS) is 22.8. The highest BCUT2D eigenvalue weighted by Crippen LogP contribution is 2.06. The molecule has 0 aromatic rings. The fraction of sp³-hybridized carbons (Fsp3) is 1.00. The van der Waals surface area contributed by atoms with Gasteiger partial charge in [-0.3, -0.25) is 0 Å². The van der Waals surface area contributed by atoms with Crippen LogP contribution in [0.4, 0.5) is 0 Å². The lowest BCUT2D eigenvalue weighted by Gasteiger charge is -2.30. The third-order valence-corrected chi connectivity index (χ3v) is 2.39. The van der Waals surface area contributed by atoms with E-state index >= 15 is 0 Å². The molecule has 1 saturated heterocycles. The summed E-state index contributed by atoms with van der Waals surface area (Å²) in [6.07, 6.45) is 2.71. The summed E-state index contributed by atoms with van der Waals surface area (Å²) in [5, 5.41) is 3.41. The van der Waals surface area contributed by atoms with E-state index in [4.69, 9.17) is 0 Å². The summed E-state index contributed by atoms with van der Waals surface area (Å²) >= 11 is 0. The number of piperidine rings is 1. The Hall–Kier alpha value is 0.500. The molecule has 12 heavy (non-hydrogen) atoms. The molecule has 1 aliphatic heterocycles. The Kier molecular flexibility index (Phi) is 10.1. The van der Waals surface area contributed by atoms with Gasteiger partial charge in [0.15, 0.2) is 0 Å². The summed E-state index contributed by atoms with van der Waals surface area (Å²) in [5.41, 5.74) is 0. The average molecular weight is 215 g/mol. The third kappa shape index (κ3) is 4.51. The fourth-order valence-corrected chi connectivity index (χ4v) is 1.47. The molecule has 0 aromatic carbocycles. The Labute approximate surface area is 87.9 Å². The molecule has 1 rings (SSSR count). The highest BCUT2D eigenvalue weighted by molar-refractivity contribution is 5.85. The van der Waals surface area contributed by atoms with Gasteiger partial charge in [0.1, 0.15) is 0 Å². The van der Waals surface area contributed by atoms with Crippen LogP contribution < -0.4 is 5.32 Å². The standard InChI is InChI=1S/C8H18N2.2ClH/c1-3-10(2)8-5-4-6-9-7-8;;/h8-9H,3-7H2,1-2H3;2*1H. The minimum absolute atomic E-state index is 0. The van der Waals surface area contributed by atoms with Gasteiger partial charge in [0.2, 0.25) is 0 Å². The molecule has 0 radical (unpaired) electrons. The van der Waals surface area contributed by atoms with E-state index in [1.54, 1.807) is 0 Å². The van der Waals surface area contributed by atoms with Crippen molar-refractivity contribution in [2.24, 2.45) is 0 Å². The molecule has 0 amide bonds. The Bertz CT molecular complexity index is 95.1. The van der Waals surface area contributed by atoms with E-state index in [1.165, 1.54) is 32.5 Å². The molecule has 1 N–H and O–H groups in total. The minimum Gasteiger partial charge on any atom is -0.315 e. The number of likely N-dealkylation sites (N-methyl/N-ethyl adjacent to an activating group) is 1. The number of hydrogen-bond donors (Lipinski definition) is 1. The zero-order valence-electron chi connectivity index (χ0n) is 7.88. The van der Waals surface area contributed by atoms with Crippen LogP contribution in [-0.2, 0) is 0 Å². The number of nitrogens with zero attached hydrogens (tertiary/aromatic N) is 1. The van der Waals surface area contributed by atoms with Crippen LogP contribution in [0.1, 0.15) is 19.8 Å². The topological polar surface area (TPSA) is 15.3 Å². The summed E-state index contributed by atoms with van der Waals surface area (Å²) in [5.74, 6) is 0. The van der Waals surface area contributed by atoms with Crippen molar-refractivity contribution in [3.63, 3.8) is 0 Å². The van der Waals surface area contributed by atoms with Gasteiger partial charge in [-0.05, 0) is 33.0 Å². The summed E-state index contributed by atoms with van der Waals surface area (Å²) in [7, 11) is 2.21. The van der Waals surface area contributed by atoms with Crippen molar-refractivity contribution in [2.45, 2.75) is 25.8 Å². The second-order valence-corrected chi connectivity index (χ2v) is 3.07. The molecular weight excluding hydrogens is 195 g/mol. The quantitative estimate of drug-likeness (QED) is 0.751. The van der Waals surface area contributed by atoms with Gasteiger partial charge < -0.3 is 10.2 Å². The summed E-state index contributed by atoms with van der Waals surface area (Å²) in [6.45, 7) is 5.79. The lowest BCUT2D eigenvalue weighted by atomic mass is 10.1. The first kappa shape index (κ1) is 15.0. The molecule has 76 valence electrons. The molecule has 0 aromatic heterocycles. The van der Waals surface area contributed by atoms with Crippen molar-refractivity contribution in [1.29, 1.82) is 0 Å². The first-order chi connectivity index (χ1) is 4.84. The van der Waals surface area contributed by atoms with Crippen molar-refractivity contribution in [3.05, 3.63) is 0 Å². The van der Waals surface area contributed by atoms with Crippen molar-refractivity contribution in [2.75, 3.05) is 26.7 Å². The Morgan fingerprint density at radius 1 is 1.42 bits per heavy atom. The molecule has 1 unspecified atom stereocenters. The molecule has 0 bridgehead atoms. The molecule has 1 aliphatic rings. The Morgan fingerprint density at radius 2 is 2.08 bits per heavy atom. The van der Waals surface area contributed by atoms with Crippen molar-refractivity contribution < 1.29 is 0 Å². The van der Waals surface area contributed by atoms with Crippen LogP contribution in [0.2, 0.25) is 0 Å². The number of nitrogens with one attached hydrogen (secondary N) is 1. The molecule has 1 atom stereocenters. The van der Waals surface area contributed by atoms with E-state index in [0.717, 1.165) is 6.04 Å². The second-order valence-electron chi connectivity index (χ2n) is 3.07. The maximum atomic E-state index is 3.41. The van der Waals surface area contributed by atoms with E-state index in [9.17, 15) is 0 Å². The van der Waals surface area contributed by atoms with Gasteiger partial charge >= 0.3 is 0 Å². The maximum absolute atomic E-state index is 3.41. The highest BCUT2D eigenvalue weighted by Gasteiger charge is 2.15. The number of rotatable bonds is 2. The SMILES string of the molecule is CCN(C)C1CCCNC1.Cl.Cl. The fourth-order valence-electron chi connectivity index (χ4n) is 1.47.